The highest BCUT2D eigenvalue weighted by Gasteiger charge is 2.27. The van der Waals surface area contributed by atoms with Gasteiger partial charge in [-0.2, -0.15) is 0 Å². The van der Waals surface area contributed by atoms with Crippen molar-refractivity contribution in [3.63, 3.8) is 0 Å². The molecule has 0 saturated carbocycles. The molecule has 0 amide bonds. The van der Waals surface area contributed by atoms with Gasteiger partial charge in [0.25, 0.3) is 10.0 Å². The number of fused-ring (bicyclic) bond motifs is 1. The van der Waals surface area contributed by atoms with Crippen LogP contribution < -0.4 is 4.72 Å². The molecule has 0 radical (unpaired) electrons. The van der Waals surface area contributed by atoms with Gasteiger partial charge in [0.05, 0.1) is 5.69 Å². The molecule has 0 spiro atoms. The molecule has 0 bridgehead atoms. The summed E-state index contributed by atoms with van der Waals surface area (Å²) in [6, 6.07) is 14.6. The van der Waals surface area contributed by atoms with Gasteiger partial charge >= 0.3 is 0 Å². The maximum atomic E-state index is 12.7. The first-order valence-electron chi connectivity index (χ1n) is 8.73. The minimum absolute atomic E-state index is 0.0273. The summed E-state index contributed by atoms with van der Waals surface area (Å²) >= 11 is 0. The average molecular weight is 371 g/mol. The summed E-state index contributed by atoms with van der Waals surface area (Å²) in [7, 11) is -3.68. The fraction of sp³-hybridized carbons (Fsp3) is 0.316. The van der Waals surface area contributed by atoms with E-state index in [2.05, 4.69) is 14.6 Å². The maximum absolute atomic E-state index is 12.7. The molecule has 1 N–H and O–H groups in total. The van der Waals surface area contributed by atoms with Gasteiger partial charge in [-0.15, -0.1) is 0 Å². The Bertz CT molecular complexity index is 952. The monoisotopic (exact) mass is 371 g/mol. The molecule has 0 aliphatic carbocycles. The standard InChI is InChI=1S/C19H21N3O3S/c23-26(24,19-12-15-6-1-2-9-18(15)25-19)21-17-8-5-11-22(14-17)13-16-7-3-4-10-20-16/h1-4,6-7,9-10,12,17,21H,5,8,11,13-14H2/t17-/m1/s1. The van der Waals surface area contributed by atoms with E-state index in [-0.39, 0.29) is 11.1 Å². The highest BCUT2D eigenvalue weighted by Crippen LogP contribution is 2.23. The molecule has 7 heteroatoms. The predicted octanol–water partition coefficient (Wildman–Crippen LogP) is 2.77. The first-order valence-corrected chi connectivity index (χ1v) is 10.2. The van der Waals surface area contributed by atoms with Crippen molar-refractivity contribution in [1.29, 1.82) is 0 Å². The van der Waals surface area contributed by atoms with Crippen LogP contribution in [0, 0.1) is 0 Å². The highest BCUT2D eigenvalue weighted by molar-refractivity contribution is 7.89. The molecule has 3 aromatic rings. The Balaban J connectivity index is 1.45. The topological polar surface area (TPSA) is 75.4 Å². The van der Waals surface area contributed by atoms with Crippen LogP contribution in [0.2, 0.25) is 0 Å². The van der Waals surface area contributed by atoms with Gasteiger partial charge in [-0.05, 0) is 37.6 Å². The largest absolute Gasteiger partial charge is 0.443 e. The third-order valence-electron chi connectivity index (χ3n) is 4.61. The van der Waals surface area contributed by atoms with Crippen LogP contribution in [0.1, 0.15) is 18.5 Å². The van der Waals surface area contributed by atoms with E-state index in [0.717, 1.165) is 37.0 Å². The Kier molecular flexibility index (Phi) is 4.76. The lowest BCUT2D eigenvalue weighted by atomic mass is 10.1. The number of nitrogens with zero attached hydrogens (tertiary/aromatic N) is 2. The summed E-state index contributed by atoms with van der Waals surface area (Å²) in [5.41, 5.74) is 1.57. The molecule has 6 nitrogen and oxygen atoms in total. The average Bonchev–Trinajstić information content (AvgIpc) is 3.08. The second kappa shape index (κ2) is 7.19. The van der Waals surface area contributed by atoms with Gasteiger partial charge in [-0.3, -0.25) is 9.88 Å². The van der Waals surface area contributed by atoms with Gasteiger partial charge in [0.15, 0.2) is 0 Å². The van der Waals surface area contributed by atoms with Crippen molar-refractivity contribution < 1.29 is 12.8 Å². The fourth-order valence-corrected chi connectivity index (χ4v) is 4.61. The third-order valence-corrected chi connectivity index (χ3v) is 5.98. The lowest BCUT2D eigenvalue weighted by Gasteiger charge is -2.32. The fourth-order valence-electron chi connectivity index (χ4n) is 3.38. The van der Waals surface area contributed by atoms with Gasteiger partial charge in [0, 0.05) is 36.8 Å². The first-order chi connectivity index (χ1) is 12.6. The number of hydrogen-bond donors (Lipinski definition) is 1. The van der Waals surface area contributed by atoms with E-state index in [4.69, 9.17) is 4.42 Å². The molecule has 136 valence electrons. The summed E-state index contributed by atoms with van der Waals surface area (Å²) in [6.07, 6.45) is 3.54. The number of benzene rings is 1. The van der Waals surface area contributed by atoms with E-state index < -0.39 is 10.0 Å². The van der Waals surface area contributed by atoms with E-state index in [0.29, 0.717) is 12.1 Å². The zero-order chi connectivity index (χ0) is 18.0. The Morgan fingerprint density at radius 1 is 1.19 bits per heavy atom. The van der Waals surface area contributed by atoms with Crippen molar-refractivity contribution in [1.82, 2.24) is 14.6 Å². The summed E-state index contributed by atoms with van der Waals surface area (Å²) in [6.45, 7) is 2.33. The first kappa shape index (κ1) is 17.2. The molecule has 1 fully saturated rings. The van der Waals surface area contributed by atoms with E-state index in [9.17, 15) is 8.42 Å². The normalized spacial score (nSPS) is 19.0. The van der Waals surface area contributed by atoms with E-state index in [1.807, 2.05) is 36.4 Å². The number of hydrogen-bond acceptors (Lipinski definition) is 5. The molecule has 1 atom stereocenters. The van der Waals surface area contributed by atoms with Crippen LogP contribution in [0.5, 0.6) is 0 Å². The van der Waals surface area contributed by atoms with Crippen LogP contribution >= 0.6 is 0 Å². The van der Waals surface area contributed by atoms with Crippen LogP contribution in [0.25, 0.3) is 11.0 Å². The van der Waals surface area contributed by atoms with Crippen molar-refractivity contribution in [2.24, 2.45) is 0 Å². The van der Waals surface area contributed by atoms with Gasteiger partial charge in [0.1, 0.15) is 5.58 Å². The number of para-hydroxylation sites is 1. The SMILES string of the molecule is O=S(=O)(N[C@@H]1CCCN(Cc2ccccn2)C1)c1cc2ccccc2o1. The van der Waals surface area contributed by atoms with Crippen LogP contribution in [0.3, 0.4) is 0 Å². The van der Waals surface area contributed by atoms with Crippen LogP contribution in [-0.2, 0) is 16.6 Å². The minimum Gasteiger partial charge on any atom is -0.443 e. The molecule has 0 unspecified atom stereocenters. The van der Waals surface area contributed by atoms with Crippen molar-refractivity contribution >= 4 is 21.0 Å². The minimum atomic E-state index is -3.68. The van der Waals surface area contributed by atoms with Crippen molar-refractivity contribution in [2.75, 3.05) is 13.1 Å². The van der Waals surface area contributed by atoms with Crippen molar-refractivity contribution in [2.45, 2.75) is 30.5 Å². The molecule has 1 aliphatic rings. The number of nitrogens with one attached hydrogen (secondary N) is 1. The van der Waals surface area contributed by atoms with Gasteiger partial charge in [-0.1, -0.05) is 24.3 Å². The summed E-state index contributed by atoms with van der Waals surface area (Å²) in [5, 5.41) is 0.758. The third kappa shape index (κ3) is 3.80. The Morgan fingerprint density at radius 3 is 2.85 bits per heavy atom. The number of aromatic nitrogens is 1. The van der Waals surface area contributed by atoms with Crippen LogP contribution in [0.4, 0.5) is 0 Å². The Hall–Kier alpha value is -2.22. The number of pyridine rings is 1. The smallest absolute Gasteiger partial charge is 0.274 e. The molecule has 3 heterocycles. The summed E-state index contributed by atoms with van der Waals surface area (Å²) in [5.74, 6) is 0. The van der Waals surface area contributed by atoms with Crippen LogP contribution in [0.15, 0.2) is 64.2 Å². The van der Waals surface area contributed by atoms with E-state index >= 15 is 0 Å². The van der Waals surface area contributed by atoms with Crippen molar-refractivity contribution in [3.8, 4) is 0 Å². The molecular formula is C19H21N3O3S. The number of furan rings is 1. The second-order valence-corrected chi connectivity index (χ2v) is 8.26. The van der Waals surface area contributed by atoms with Gasteiger partial charge < -0.3 is 4.42 Å². The number of piperidine rings is 1. The van der Waals surface area contributed by atoms with E-state index in [1.165, 1.54) is 0 Å². The summed E-state index contributed by atoms with van der Waals surface area (Å²) < 4.78 is 33.7. The van der Waals surface area contributed by atoms with Gasteiger partial charge in [-0.25, -0.2) is 13.1 Å². The molecule has 4 rings (SSSR count). The summed E-state index contributed by atoms with van der Waals surface area (Å²) in [4.78, 5) is 6.58. The van der Waals surface area contributed by atoms with Crippen LogP contribution in [-0.4, -0.2) is 37.4 Å². The lowest BCUT2D eigenvalue weighted by molar-refractivity contribution is 0.192. The highest BCUT2D eigenvalue weighted by atomic mass is 32.2. The van der Waals surface area contributed by atoms with Gasteiger partial charge in [0.2, 0.25) is 5.09 Å². The Labute approximate surface area is 152 Å². The number of likely N-dealkylation sites (tertiary alicyclic amines) is 1. The molecular weight excluding hydrogens is 350 g/mol. The number of rotatable bonds is 5. The van der Waals surface area contributed by atoms with Crippen molar-refractivity contribution in [3.05, 3.63) is 60.4 Å². The Morgan fingerprint density at radius 2 is 2.04 bits per heavy atom. The maximum Gasteiger partial charge on any atom is 0.274 e. The molecule has 26 heavy (non-hydrogen) atoms. The quantitative estimate of drug-likeness (QED) is 0.746. The zero-order valence-corrected chi connectivity index (χ0v) is 15.2. The molecule has 1 aliphatic heterocycles. The molecule has 1 aromatic carbocycles. The molecule has 2 aromatic heterocycles. The lowest BCUT2D eigenvalue weighted by Crippen LogP contribution is -2.47. The van der Waals surface area contributed by atoms with E-state index in [1.54, 1.807) is 18.3 Å². The predicted molar refractivity (Wildman–Crippen MR) is 99.1 cm³/mol. The zero-order valence-electron chi connectivity index (χ0n) is 14.3. The second-order valence-electron chi connectivity index (χ2n) is 6.62. The number of sulfonamides is 1. The molecule has 1 saturated heterocycles.